The molecule has 1 aliphatic rings. The molecule has 0 atom stereocenters. The Morgan fingerprint density at radius 2 is 1.60 bits per heavy atom. The minimum absolute atomic E-state index is 0.000732. The molecule has 2 aromatic rings. The van der Waals surface area contributed by atoms with Crippen LogP contribution in [-0.4, -0.2) is 0 Å². The molecule has 0 aliphatic heterocycles. The molecule has 0 unspecified atom stereocenters. The highest BCUT2D eigenvalue weighted by atomic mass is 19.1. The average Bonchev–Trinajstić information content (AvgIpc) is 2.62. The Balaban J connectivity index is 1.77. The fourth-order valence-corrected chi connectivity index (χ4v) is 4.03. The molecule has 0 amide bonds. The van der Waals surface area contributed by atoms with Gasteiger partial charge in [-0.2, -0.15) is 5.26 Å². The molecule has 3 heteroatoms. The van der Waals surface area contributed by atoms with Crippen molar-refractivity contribution in [2.75, 3.05) is 0 Å². The smallest absolute Gasteiger partial charge is 0.135 e. The van der Waals surface area contributed by atoms with Gasteiger partial charge in [0.2, 0.25) is 0 Å². The summed E-state index contributed by atoms with van der Waals surface area (Å²) in [6, 6.07) is 11.5. The first kappa shape index (κ1) is 17.6. The largest absolute Gasteiger partial charge is 0.206 e. The van der Waals surface area contributed by atoms with Crippen molar-refractivity contribution in [1.29, 1.82) is 5.26 Å². The zero-order valence-corrected chi connectivity index (χ0v) is 14.6. The number of halogens is 2. The highest BCUT2D eigenvalue weighted by Gasteiger charge is 2.22. The summed E-state index contributed by atoms with van der Waals surface area (Å²) in [6.45, 7) is 2.24. The molecule has 1 aliphatic carbocycles. The van der Waals surface area contributed by atoms with E-state index in [-0.39, 0.29) is 11.1 Å². The first-order valence-corrected chi connectivity index (χ1v) is 9.11. The molecule has 0 heterocycles. The summed E-state index contributed by atoms with van der Waals surface area (Å²) >= 11 is 0. The summed E-state index contributed by atoms with van der Waals surface area (Å²) in [4.78, 5) is 0. The quantitative estimate of drug-likeness (QED) is 0.617. The highest BCUT2D eigenvalue weighted by Crippen LogP contribution is 2.38. The fourth-order valence-electron chi connectivity index (χ4n) is 4.03. The molecule has 0 bridgehead atoms. The Morgan fingerprint density at radius 1 is 1.00 bits per heavy atom. The number of hydrogen-bond acceptors (Lipinski definition) is 1. The second kappa shape index (κ2) is 7.78. The van der Waals surface area contributed by atoms with E-state index in [4.69, 9.17) is 5.26 Å². The van der Waals surface area contributed by atoms with Gasteiger partial charge in [-0.3, -0.25) is 0 Å². The van der Waals surface area contributed by atoms with Gasteiger partial charge in [0.05, 0.1) is 17.2 Å². The van der Waals surface area contributed by atoms with E-state index in [1.165, 1.54) is 44.1 Å². The number of rotatable bonds is 4. The Bertz CT molecular complexity index is 743. The third kappa shape index (κ3) is 3.90. The second-order valence-electron chi connectivity index (χ2n) is 7.06. The highest BCUT2D eigenvalue weighted by molar-refractivity contribution is 5.66. The maximum atomic E-state index is 14.2. The molecule has 2 aromatic carbocycles. The van der Waals surface area contributed by atoms with Crippen molar-refractivity contribution in [3.05, 3.63) is 59.2 Å². The standard InChI is InChI=1S/C22H23F2N/c1-2-3-15-4-6-17(7-5-15)18-8-10-19(11-9-18)22-20(23)12-16(14-25)13-21(22)24/h8-13,15,17H,2-7H2,1H3/t15-,17-. The summed E-state index contributed by atoms with van der Waals surface area (Å²) < 4.78 is 28.3. The van der Waals surface area contributed by atoms with Crippen LogP contribution in [0.5, 0.6) is 0 Å². The Morgan fingerprint density at radius 3 is 2.12 bits per heavy atom. The van der Waals surface area contributed by atoms with E-state index in [2.05, 4.69) is 6.92 Å². The summed E-state index contributed by atoms with van der Waals surface area (Å²) in [5.41, 5.74) is 1.72. The molecule has 0 spiro atoms. The van der Waals surface area contributed by atoms with Gasteiger partial charge < -0.3 is 0 Å². The summed E-state index contributed by atoms with van der Waals surface area (Å²) in [5.74, 6) is 0.0360. The van der Waals surface area contributed by atoms with Crippen LogP contribution in [0.25, 0.3) is 11.1 Å². The van der Waals surface area contributed by atoms with Crippen molar-refractivity contribution < 1.29 is 8.78 Å². The molecule has 1 saturated carbocycles. The maximum absolute atomic E-state index is 14.2. The number of nitrogens with zero attached hydrogens (tertiary/aromatic N) is 1. The average molecular weight is 339 g/mol. The molecule has 3 rings (SSSR count). The molecule has 0 aromatic heterocycles. The number of nitriles is 1. The van der Waals surface area contributed by atoms with Gasteiger partial charge in [-0.25, -0.2) is 8.78 Å². The van der Waals surface area contributed by atoms with E-state index in [0.29, 0.717) is 11.5 Å². The van der Waals surface area contributed by atoms with E-state index in [0.717, 1.165) is 18.1 Å². The van der Waals surface area contributed by atoms with Gasteiger partial charge in [0.15, 0.2) is 0 Å². The first-order valence-electron chi connectivity index (χ1n) is 9.11. The van der Waals surface area contributed by atoms with Crippen LogP contribution in [0.4, 0.5) is 8.78 Å². The molecule has 130 valence electrons. The molecule has 1 nitrogen and oxygen atoms in total. The van der Waals surface area contributed by atoms with Gasteiger partial charge in [0.1, 0.15) is 11.6 Å². The zero-order valence-electron chi connectivity index (χ0n) is 14.6. The van der Waals surface area contributed by atoms with E-state index >= 15 is 0 Å². The lowest BCUT2D eigenvalue weighted by atomic mass is 9.77. The molecule has 0 saturated heterocycles. The van der Waals surface area contributed by atoms with Gasteiger partial charge in [0.25, 0.3) is 0 Å². The molecular formula is C22H23F2N. The van der Waals surface area contributed by atoms with Gasteiger partial charge in [0, 0.05) is 0 Å². The summed E-state index contributed by atoms with van der Waals surface area (Å²) in [7, 11) is 0. The number of benzene rings is 2. The van der Waals surface area contributed by atoms with Gasteiger partial charge in [-0.15, -0.1) is 0 Å². The predicted octanol–water partition coefficient (Wildman–Crippen LogP) is 6.58. The Kier molecular flexibility index (Phi) is 5.48. The lowest BCUT2D eigenvalue weighted by molar-refractivity contribution is 0.308. The topological polar surface area (TPSA) is 23.8 Å². The van der Waals surface area contributed by atoms with E-state index in [9.17, 15) is 8.78 Å². The molecule has 1 fully saturated rings. The minimum atomic E-state index is -0.690. The minimum Gasteiger partial charge on any atom is -0.206 e. The van der Waals surface area contributed by atoms with Crippen LogP contribution in [0.15, 0.2) is 36.4 Å². The SMILES string of the molecule is CCC[C@H]1CC[C@H](c2ccc(-c3c(F)cc(C#N)cc3F)cc2)CC1. The third-order valence-electron chi connectivity index (χ3n) is 5.39. The normalized spacial score (nSPS) is 20.2. The number of hydrogen-bond donors (Lipinski definition) is 0. The van der Waals surface area contributed by atoms with Crippen LogP contribution in [0.1, 0.15) is 62.5 Å². The van der Waals surface area contributed by atoms with Crippen LogP contribution < -0.4 is 0 Å². The molecule has 25 heavy (non-hydrogen) atoms. The summed E-state index contributed by atoms with van der Waals surface area (Å²) in [6.07, 6.45) is 7.53. The van der Waals surface area contributed by atoms with Crippen LogP contribution in [-0.2, 0) is 0 Å². The van der Waals surface area contributed by atoms with Crippen LogP contribution in [0.2, 0.25) is 0 Å². The molecule has 0 radical (unpaired) electrons. The third-order valence-corrected chi connectivity index (χ3v) is 5.39. The Hall–Kier alpha value is -2.21. The Labute approximate surface area is 148 Å². The van der Waals surface area contributed by atoms with Crippen molar-refractivity contribution in [2.24, 2.45) is 5.92 Å². The molecular weight excluding hydrogens is 316 g/mol. The predicted molar refractivity (Wildman–Crippen MR) is 96.1 cm³/mol. The van der Waals surface area contributed by atoms with E-state index in [1.54, 1.807) is 18.2 Å². The molecule has 0 N–H and O–H groups in total. The van der Waals surface area contributed by atoms with Crippen molar-refractivity contribution in [1.82, 2.24) is 0 Å². The van der Waals surface area contributed by atoms with Crippen molar-refractivity contribution in [3.63, 3.8) is 0 Å². The van der Waals surface area contributed by atoms with Crippen LogP contribution in [0.3, 0.4) is 0 Å². The lowest BCUT2D eigenvalue weighted by Crippen LogP contribution is -2.13. The van der Waals surface area contributed by atoms with Crippen LogP contribution >= 0.6 is 0 Å². The maximum Gasteiger partial charge on any atom is 0.135 e. The summed E-state index contributed by atoms with van der Waals surface area (Å²) in [5, 5.41) is 8.80. The second-order valence-corrected chi connectivity index (χ2v) is 7.06. The van der Waals surface area contributed by atoms with Crippen molar-refractivity contribution >= 4 is 0 Å². The monoisotopic (exact) mass is 339 g/mol. The first-order chi connectivity index (χ1) is 12.1. The fraction of sp³-hybridized carbons (Fsp3) is 0.409. The van der Waals surface area contributed by atoms with Gasteiger partial charge >= 0.3 is 0 Å². The van der Waals surface area contributed by atoms with Crippen LogP contribution in [0, 0.1) is 28.9 Å². The van der Waals surface area contributed by atoms with E-state index in [1.807, 2.05) is 12.1 Å². The van der Waals surface area contributed by atoms with E-state index < -0.39 is 11.6 Å². The lowest BCUT2D eigenvalue weighted by Gasteiger charge is -2.28. The van der Waals surface area contributed by atoms with Gasteiger partial charge in [-0.1, -0.05) is 44.0 Å². The van der Waals surface area contributed by atoms with Gasteiger partial charge in [-0.05, 0) is 60.8 Å². The van der Waals surface area contributed by atoms with Crippen molar-refractivity contribution in [3.8, 4) is 17.2 Å². The zero-order chi connectivity index (χ0) is 17.8. The van der Waals surface area contributed by atoms with Crippen molar-refractivity contribution in [2.45, 2.75) is 51.4 Å².